The van der Waals surface area contributed by atoms with Gasteiger partial charge in [-0.2, -0.15) is 24.4 Å². The van der Waals surface area contributed by atoms with Crippen LogP contribution in [0, 0.1) is 24.7 Å². The summed E-state index contributed by atoms with van der Waals surface area (Å²) in [5.41, 5.74) is 36.8. The van der Waals surface area contributed by atoms with E-state index in [1.165, 1.54) is 52.0 Å². The summed E-state index contributed by atoms with van der Waals surface area (Å²) in [6, 6.07) is 1.62. The van der Waals surface area contributed by atoms with E-state index in [0.717, 1.165) is 11.4 Å². The summed E-state index contributed by atoms with van der Waals surface area (Å²) in [4.78, 5) is 175. The molecule has 1 aliphatic carbocycles. The number of primary amides is 5. The van der Waals surface area contributed by atoms with Gasteiger partial charge in [0.15, 0.2) is 6.29 Å². The number of aliphatic hydroxyl groups excluding tert-OH is 6. The molecule has 1 saturated heterocycles. The molecule has 6 rings (SSSR count). The molecule has 4 aromatic rings. The lowest BCUT2D eigenvalue weighted by molar-refractivity contribution is -0.317. The third-order valence-corrected chi connectivity index (χ3v) is 20.4. The van der Waals surface area contributed by atoms with E-state index in [2.05, 4.69) is 75.4 Å². The highest BCUT2D eigenvalue weighted by Crippen LogP contribution is 2.35. The molecule has 46 heteroatoms. The van der Waals surface area contributed by atoms with Crippen LogP contribution in [0.2, 0.25) is 0 Å². The maximum absolute atomic E-state index is 14.7. The Morgan fingerprint density at radius 2 is 1.38 bits per heavy atom. The second kappa shape index (κ2) is 48.4. The summed E-state index contributed by atoms with van der Waals surface area (Å²) in [5.74, 6) is -10.0. The Labute approximate surface area is 699 Å². The topological polar surface area (TPSA) is 707 Å². The summed E-state index contributed by atoms with van der Waals surface area (Å²) >= 11 is 5.97. The van der Waals surface area contributed by atoms with Crippen LogP contribution in [-0.2, 0) is 84.8 Å². The molecule has 2 aromatic carbocycles. The van der Waals surface area contributed by atoms with Crippen LogP contribution in [0.15, 0.2) is 42.5 Å². The third kappa shape index (κ3) is 30.0. The minimum absolute atomic E-state index is 0.00214. The van der Waals surface area contributed by atoms with Gasteiger partial charge in [0.25, 0.3) is 11.8 Å². The number of rotatable bonds is 48. The Bertz CT molecular complexity index is 4170. The number of fused-ring (bicyclic) bond motifs is 1. The number of benzene rings is 2. The Morgan fingerprint density at radius 1 is 0.700 bits per heavy atom. The number of urea groups is 1. The lowest BCUT2D eigenvalue weighted by Gasteiger charge is -2.46. The fraction of sp³-hybridized carbons (Fsp3) is 0.595. The van der Waals surface area contributed by atoms with Gasteiger partial charge in [-0.05, 0) is 88.1 Å². The Kier molecular flexibility index (Phi) is 39.8. The molecule has 2 fully saturated rings. The zero-order valence-corrected chi connectivity index (χ0v) is 69.0. The number of thioether (sulfide) groups is 1. The van der Waals surface area contributed by atoms with Gasteiger partial charge in [-0.25, -0.2) is 34.3 Å². The predicted octanol–water partition coefficient (Wildman–Crippen LogP) is -4.33. The lowest BCUT2D eigenvalue weighted by atomic mass is 9.80. The highest BCUT2D eigenvalue weighted by atomic mass is 32.2. The van der Waals surface area contributed by atoms with Crippen molar-refractivity contribution in [2.75, 3.05) is 76.6 Å². The number of carbonyl (C=O) groups excluding carboxylic acids is 12. The standard InChI is InChI=1S/C74H111N19O25S2/c1-33(2)54(90-53(97)16-19-112-21-22-113-20-18-81-66(104)39-12-15-43-45(23-39)87-49(32-120-7)48(31-119)86-43)68(106)88-44(9-8-17-82-72(79)109)67(105)85-41-13-10-38(11-14-41)30-114-74(111)89-47(64(78)103)27-83-46(26-52(75)96)65-91-55(34(3)62(76)93-65)69(107)92-56(70(108)84-36(5)57(98)35(4)63(77)102)37(6)115-51-24-40(28-94)58(99)60(101)61(51)118-71-59(100)50(117-73(80)110)25-42(29-95)116-71/h10-15,23,33,35-37,40,42,44,46-47,50-51,54,56-61,71,83,94-95,98-101,119H,8-9,16-22,24-32H2,1-7H3,(H2,75,96)(H2,77,102)(H2,78,103)(H2,80,110)(H,81,104)(H,84,108)(H,85,105)(H,88,106)(H,89,111)(H,90,97)(H,92,107)(H2,76,91,93)(H3,79,82,109)/t35-,36+,37+,40-,42-,44-,46-,47?,50-,51+,54-,56-,57-,58+,59-,60-,61+,71+/m0/s1. The van der Waals surface area contributed by atoms with Gasteiger partial charge in [0, 0.05) is 79.7 Å². The van der Waals surface area contributed by atoms with Crippen molar-refractivity contribution in [1.29, 1.82) is 0 Å². The number of aliphatic hydroxyl groups is 6. The van der Waals surface area contributed by atoms with E-state index in [9.17, 15) is 88.2 Å². The molecule has 0 bridgehead atoms. The second-order valence-corrected chi connectivity index (χ2v) is 30.1. The molecule has 18 atom stereocenters. The summed E-state index contributed by atoms with van der Waals surface area (Å²) in [5, 5.41) is 88.6. The van der Waals surface area contributed by atoms with Crippen molar-refractivity contribution in [3.8, 4) is 0 Å². The number of nitrogen functional groups attached to an aromatic ring is 1. The first kappa shape index (κ1) is 98.7. The van der Waals surface area contributed by atoms with Crippen LogP contribution in [0.25, 0.3) is 11.0 Å². The number of nitrogens with one attached hydrogen (secondary N) is 9. The number of hydrogen-bond acceptors (Lipinski definition) is 33. The van der Waals surface area contributed by atoms with E-state index in [0.29, 0.717) is 33.7 Å². The van der Waals surface area contributed by atoms with Crippen molar-refractivity contribution in [1.82, 2.24) is 62.5 Å². The van der Waals surface area contributed by atoms with Crippen molar-refractivity contribution in [2.24, 2.45) is 46.4 Å². The number of carbonyl (C=O) groups is 12. The SMILES string of the molecule is CSCc1nc2cc(C(=O)NCCOCCOCCC(=O)N[C@H](C(=O)N[C@@H](CCCNC(N)=O)C(=O)Nc3ccc(COC(=O)NC(CN[C@@H](CC(N)=O)c4nc(N)c(C)c(C(=O)N[C@H](C(=O)N[C@H](C)[C@@H](O)[C@H](C)C(N)=O)[C@@H](C)O[C@@H]5C[C@@H](CO)[C@@H](O)[C@H](O)[C@@H]5O[C@H]5O[C@H](CO)C[C@H](OC(N)=O)[C@@H]5O)n4)C(N)=O)cc3)C(C)C)ccc2nc1CS. The molecule has 0 spiro atoms. The lowest BCUT2D eigenvalue weighted by Crippen LogP contribution is -2.62. The number of amides is 13. The van der Waals surface area contributed by atoms with Crippen LogP contribution in [0.4, 0.5) is 25.9 Å². The van der Waals surface area contributed by atoms with E-state index in [-0.39, 0.29) is 94.6 Å². The number of aromatic nitrogens is 4. The zero-order chi connectivity index (χ0) is 88.8. The molecule has 44 nitrogen and oxygen atoms in total. The van der Waals surface area contributed by atoms with Crippen LogP contribution in [-0.4, -0.2) is 279 Å². The molecular weight excluding hydrogens is 1620 g/mol. The Morgan fingerprint density at radius 3 is 2.01 bits per heavy atom. The predicted molar refractivity (Wildman–Crippen MR) is 431 cm³/mol. The van der Waals surface area contributed by atoms with E-state index in [1.807, 2.05) is 6.26 Å². The van der Waals surface area contributed by atoms with Crippen molar-refractivity contribution < 1.29 is 121 Å². The first-order valence-electron chi connectivity index (χ1n) is 38.4. The maximum atomic E-state index is 14.7. The van der Waals surface area contributed by atoms with Crippen LogP contribution < -0.4 is 82.3 Å². The first-order chi connectivity index (χ1) is 56.9. The Balaban J connectivity index is 1.05. The van der Waals surface area contributed by atoms with Crippen LogP contribution in [0.1, 0.15) is 128 Å². The fourth-order valence-corrected chi connectivity index (χ4v) is 13.4. The number of nitrogens with two attached hydrogens (primary N) is 6. The molecule has 1 saturated carbocycles. The van der Waals surface area contributed by atoms with E-state index in [1.54, 1.807) is 43.8 Å². The molecule has 2 aliphatic rings. The average Bonchev–Trinajstić information content (AvgIpc) is 0.769. The van der Waals surface area contributed by atoms with Gasteiger partial charge < -0.3 is 146 Å². The molecule has 0 radical (unpaired) electrons. The quantitative estimate of drug-likeness (QED) is 0.0147. The van der Waals surface area contributed by atoms with Crippen molar-refractivity contribution >= 4 is 118 Å². The van der Waals surface area contributed by atoms with Crippen LogP contribution in [0.5, 0.6) is 0 Å². The highest BCUT2D eigenvalue weighted by molar-refractivity contribution is 7.97. The number of hydrogen-bond donors (Lipinski definition) is 22. The minimum atomic E-state index is -1.95. The third-order valence-electron chi connectivity index (χ3n) is 19.5. The Hall–Kier alpha value is -10.1. The first-order valence-corrected chi connectivity index (χ1v) is 40.4. The van der Waals surface area contributed by atoms with Gasteiger partial charge in [-0.3, -0.25) is 43.2 Å². The number of alkyl carbamates (subject to hydrolysis) is 1. The van der Waals surface area contributed by atoms with Crippen LogP contribution >= 0.6 is 24.4 Å². The molecule has 2 aromatic heterocycles. The van der Waals surface area contributed by atoms with Gasteiger partial charge in [-0.1, -0.05) is 32.9 Å². The molecule has 27 N–H and O–H groups in total. The molecule has 120 heavy (non-hydrogen) atoms. The van der Waals surface area contributed by atoms with Crippen molar-refractivity contribution in [3.05, 3.63) is 82.1 Å². The molecule has 1 unspecified atom stereocenters. The van der Waals surface area contributed by atoms with E-state index >= 15 is 0 Å². The fourth-order valence-electron chi connectivity index (χ4n) is 12.7. The van der Waals surface area contributed by atoms with Crippen molar-refractivity contribution in [2.45, 2.75) is 196 Å². The molecule has 664 valence electrons. The number of anilines is 2. The van der Waals surface area contributed by atoms with Crippen molar-refractivity contribution in [3.63, 3.8) is 0 Å². The van der Waals surface area contributed by atoms with E-state index in [4.69, 9.17) is 72.5 Å². The van der Waals surface area contributed by atoms with Gasteiger partial charge in [-0.15, -0.1) is 0 Å². The summed E-state index contributed by atoms with van der Waals surface area (Å²) in [6.45, 7) is 6.82. The smallest absolute Gasteiger partial charge is 0.408 e. The largest absolute Gasteiger partial charge is 0.445 e. The van der Waals surface area contributed by atoms with E-state index < -0.39 is 225 Å². The molecular formula is C74H111N19O25S2. The monoisotopic (exact) mass is 1730 g/mol. The minimum Gasteiger partial charge on any atom is -0.445 e. The molecule has 1 aliphatic heterocycles. The van der Waals surface area contributed by atoms with Gasteiger partial charge >= 0.3 is 18.2 Å². The average molecular weight is 1730 g/mol. The van der Waals surface area contributed by atoms with Gasteiger partial charge in [0.1, 0.15) is 72.5 Å². The summed E-state index contributed by atoms with van der Waals surface area (Å²) < 4.78 is 39.7. The number of ether oxygens (including phenoxy) is 7. The molecule has 3 heterocycles. The van der Waals surface area contributed by atoms with Crippen LogP contribution in [0.3, 0.4) is 0 Å². The highest BCUT2D eigenvalue weighted by Gasteiger charge is 2.50. The summed E-state index contributed by atoms with van der Waals surface area (Å²) in [7, 11) is 0. The molecule has 13 amide bonds. The maximum Gasteiger partial charge on any atom is 0.408 e. The van der Waals surface area contributed by atoms with Gasteiger partial charge in [0.2, 0.25) is 41.4 Å². The normalized spacial score (nSPS) is 20.7. The number of nitrogens with zero attached hydrogens (tertiary/aromatic N) is 4. The number of thiol groups is 1. The second-order valence-electron chi connectivity index (χ2n) is 28.9. The zero-order valence-electron chi connectivity index (χ0n) is 67.3. The van der Waals surface area contributed by atoms with Gasteiger partial charge in [0.05, 0.1) is 104 Å². The summed E-state index contributed by atoms with van der Waals surface area (Å²) in [6.07, 6.45) is -18.0.